The molecule has 2 rings (SSSR count). The molecule has 0 fully saturated rings. The summed E-state index contributed by atoms with van der Waals surface area (Å²) in [6, 6.07) is 7.59. The third-order valence-electron chi connectivity index (χ3n) is 3.93. The van der Waals surface area contributed by atoms with Crippen molar-refractivity contribution >= 4 is 5.69 Å². The Morgan fingerprint density at radius 1 is 1.32 bits per heavy atom. The summed E-state index contributed by atoms with van der Waals surface area (Å²) in [6.07, 6.45) is -2.89. The summed E-state index contributed by atoms with van der Waals surface area (Å²) in [5.41, 5.74) is 1.23. The number of anilines is 1. The predicted molar refractivity (Wildman–Crippen MR) is 90.8 cm³/mol. The van der Waals surface area contributed by atoms with Crippen molar-refractivity contribution < 1.29 is 22.3 Å². The molecule has 1 aliphatic heterocycles. The van der Waals surface area contributed by atoms with Crippen LogP contribution in [0.15, 0.2) is 60.0 Å². The van der Waals surface area contributed by atoms with Gasteiger partial charge in [-0.05, 0) is 37.5 Å². The SMILES string of the molecule is C=C(/C(=C\C(=C/C)C(F)(F)F)OC(C)F)N1CCCc2ccccc21. The second-order valence-electron chi connectivity index (χ2n) is 5.74. The minimum Gasteiger partial charge on any atom is -0.459 e. The van der Waals surface area contributed by atoms with Gasteiger partial charge in [-0.1, -0.05) is 30.9 Å². The van der Waals surface area contributed by atoms with Crippen molar-refractivity contribution in [3.63, 3.8) is 0 Å². The van der Waals surface area contributed by atoms with Gasteiger partial charge in [-0.2, -0.15) is 13.2 Å². The van der Waals surface area contributed by atoms with Gasteiger partial charge in [-0.15, -0.1) is 0 Å². The maximum atomic E-state index is 13.4. The highest BCUT2D eigenvalue weighted by Gasteiger charge is 2.33. The molecule has 0 aliphatic carbocycles. The van der Waals surface area contributed by atoms with Crippen LogP contribution < -0.4 is 4.90 Å². The van der Waals surface area contributed by atoms with E-state index in [2.05, 4.69) is 6.58 Å². The average Bonchev–Trinajstić information content (AvgIpc) is 2.56. The molecule has 1 aromatic carbocycles. The first-order valence-electron chi connectivity index (χ1n) is 8.04. The number of nitrogens with zero attached hydrogens (tertiary/aromatic N) is 1. The highest BCUT2D eigenvalue weighted by Crippen LogP contribution is 2.34. The van der Waals surface area contributed by atoms with E-state index < -0.39 is 18.1 Å². The Morgan fingerprint density at radius 3 is 2.60 bits per heavy atom. The van der Waals surface area contributed by atoms with E-state index in [1.54, 1.807) is 4.90 Å². The molecule has 1 heterocycles. The molecule has 0 amide bonds. The fourth-order valence-electron chi connectivity index (χ4n) is 2.78. The summed E-state index contributed by atoms with van der Waals surface area (Å²) in [6.45, 7) is 6.84. The van der Waals surface area contributed by atoms with Crippen molar-refractivity contribution in [1.82, 2.24) is 0 Å². The molecular weight excluding hydrogens is 334 g/mol. The van der Waals surface area contributed by atoms with Gasteiger partial charge in [0.2, 0.25) is 6.36 Å². The predicted octanol–water partition coefficient (Wildman–Crippen LogP) is 5.68. The Morgan fingerprint density at radius 2 is 2.00 bits per heavy atom. The lowest BCUT2D eigenvalue weighted by atomic mass is 10.0. The molecule has 0 saturated heterocycles. The van der Waals surface area contributed by atoms with E-state index in [4.69, 9.17) is 4.74 Å². The summed E-state index contributed by atoms with van der Waals surface area (Å²) >= 11 is 0. The van der Waals surface area contributed by atoms with Gasteiger partial charge in [0.05, 0.1) is 11.3 Å². The molecule has 0 saturated carbocycles. The molecule has 1 atom stereocenters. The van der Waals surface area contributed by atoms with E-state index >= 15 is 0 Å². The van der Waals surface area contributed by atoms with Crippen molar-refractivity contribution in [3.8, 4) is 0 Å². The number of benzene rings is 1. The van der Waals surface area contributed by atoms with Crippen molar-refractivity contribution in [1.29, 1.82) is 0 Å². The Bertz CT molecular complexity index is 689. The molecule has 2 nitrogen and oxygen atoms in total. The third-order valence-corrected chi connectivity index (χ3v) is 3.93. The number of allylic oxidation sites excluding steroid dienone is 3. The summed E-state index contributed by atoms with van der Waals surface area (Å²) in [5.74, 6) is -0.225. The number of ether oxygens (including phenoxy) is 1. The Hall–Kier alpha value is -2.24. The number of alkyl halides is 4. The normalized spacial score (nSPS) is 17.1. The van der Waals surface area contributed by atoms with Crippen LogP contribution in [0, 0.1) is 0 Å². The Kier molecular flexibility index (Phi) is 5.93. The molecule has 0 spiro atoms. The zero-order valence-electron chi connectivity index (χ0n) is 14.2. The van der Waals surface area contributed by atoms with Crippen LogP contribution in [-0.2, 0) is 11.2 Å². The molecule has 1 unspecified atom stereocenters. The van der Waals surface area contributed by atoms with Crippen LogP contribution in [0.4, 0.5) is 23.2 Å². The van der Waals surface area contributed by atoms with E-state index in [0.29, 0.717) is 6.54 Å². The van der Waals surface area contributed by atoms with Crippen molar-refractivity contribution in [3.05, 3.63) is 65.6 Å². The first-order valence-corrected chi connectivity index (χ1v) is 8.04. The summed E-state index contributed by atoms with van der Waals surface area (Å²) in [7, 11) is 0. The standard InChI is InChI=1S/C19H21F4NO/c1-4-16(19(21,22)23)12-18(25-14(3)20)13(2)24-11-7-9-15-8-5-6-10-17(15)24/h4-6,8,10,12,14H,2,7,9,11H2,1,3H3/b16-4+,18-12+. The molecule has 25 heavy (non-hydrogen) atoms. The van der Waals surface area contributed by atoms with Crippen molar-refractivity contribution in [2.24, 2.45) is 0 Å². The first-order chi connectivity index (χ1) is 11.7. The number of rotatable bonds is 5. The fourth-order valence-corrected chi connectivity index (χ4v) is 2.78. The lowest BCUT2D eigenvalue weighted by Gasteiger charge is -2.33. The van der Waals surface area contributed by atoms with Crippen LogP contribution in [0.1, 0.15) is 25.8 Å². The fraction of sp³-hybridized carbons (Fsp3) is 0.368. The highest BCUT2D eigenvalue weighted by atomic mass is 19.4. The van der Waals surface area contributed by atoms with Crippen LogP contribution in [0.2, 0.25) is 0 Å². The van der Waals surface area contributed by atoms with E-state index in [0.717, 1.165) is 43.2 Å². The monoisotopic (exact) mass is 355 g/mol. The molecule has 6 heteroatoms. The Labute approximate surface area is 145 Å². The van der Waals surface area contributed by atoms with Crippen LogP contribution in [-0.4, -0.2) is 19.1 Å². The van der Waals surface area contributed by atoms with Crippen molar-refractivity contribution in [2.45, 2.75) is 39.2 Å². The molecular formula is C19H21F4NO. The number of halogens is 4. The number of hydrogen-bond acceptors (Lipinski definition) is 2. The molecule has 0 bridgehead atoms. The van der Waals surface area contributed by atoms with E-state index in [9.17, 15) is 17.6 Å². The van der Waals surface area contributed by atoms with Gasteiger partial charge in [-0.3, -0.25) is 0 Å². The van der Waals surface area contributed by atoms with E-state index in [1.165, 1.54) is 6.92 Å². The topological polar surface area (TPSA) is 12.5 Å². The van der Waals surface area contributed by atoms with Gasteiger partial charge in [0, 0.05) is 19.2 Å². The van der Waals surface area contributed by atoms with Crippen LogP contribution in [0.25, 0.3) is 0 Å². The van der Waals surface area contributed by atoms with Gasteiger partial charge in [0.25, 0.3) is 0 Å². The van der Waals surface area contributed by atoms with E-state index in [-0.39, 0.29) is 11.5 Å². The van der Waals surface area contributed by atoms with Crippen LogP contribution in [0.3, 0.4) is 0 Å². The van der Waals surface area contributed by atoms with Gasteiger partial charge in [-0.25, -0.2) is 4.39 Å². The summed E-state index contributed by atoms with van der Waals surface area (Å²) < 4.78 is 57.6. The smallest absolute Gasteiger partial charge is 0.416 e. The maximum Gasteiger partial charge on any atom is 0.416 e. The minimum absolute atomic E-state index is 0.209. The van der Waals surface area contributed by atoms with E-state index in [1.807, 2.05) is 24.3 Å². The molecule has 1 aromatic rings. The van der Waals surface area contributed by atoms with Gasteiger partial charge in [0.1, 0.15) is 5.76 Å². The van der Waals surface area contributed by atoms with Gasteiger partial charge < -0.3 is 9.64 Å². The average molecular weight is 355 g/mol. The lowest BCUT2D eigenvalue weighted by molar-refractivity contribution is -0.0889. The van der Waals surface area contributed by atoms with Crippen LogP contribution in [0.5, 0.6) is 0 Å². The number of fused-ring (bicyclic) bond motifs is 1. The summed E-state index contributed by atoms with van der Waals surface area (Å²) in [5, 5.41) is 0. The second-order valence-corrected chi connectivity index (χ2v) is 5.74. The van der Waals surface area contributed by atoms with Gasteiger partial charge >= 0.3 is 6.18 Å². The van der Waals surface area contributed by atoms with Gasteiger partial charge in [0.15, 0.2) is 0 Å². The molecule has 1 aliphatic rings. The lowest BCUT2D eigenvalue weighted by Crippen LogP contribution is -2.30. The number of para-hydroxylation sites is 1. The largest absolute Gasteiger partial charge is 0.459 e. The second kappa shape index (κ2) is 7.76. The molecule has 136 valence electrons. The van der Waals surface area contributed by atoms with Crippen molar-refractivity contribution in [2.75, 3.05) is 11.4 Å². The molecule has 0 radical (unpaired) electrons. The zero-order chi connectivity index (χ0) is 18.6. The first kappa shape index (κ1) is 19.1. The molecule has 0 aromatic heterocycles. The highest BCUT2D eigenvalue weighted by molar-refractivity contribution is 5.62. The molecule has 0 N–H and O–H groups in total. The minimum atomic E-state index is -4.55. The quantitative estimate of drug-likeness (QED) is 0.383. The van der Waals surface area contributed by atoms with Crippen LogP contribution >= 0.6 is 0 Å². The number of hydrogen-bond donors (Lipinski definition) is 0. The Balaban J connectivity index is 2.41. The zero-order valence-corrected chi connectivity index (χ0v) is 14.2. The maximum absolute atomic E-state index is 13.4. The number of aryl methyl sites for hydroxylation is 1. The third kappa shape index (κ3) is 4.65. The summed E-state index contributed by atoms with van der Waals surface area (Å²) in [4.78, 5) is 1.77.